The molecule has 5 nitrogen and oxygen atoms in total. The van der Waals surface area contributed by atoms with Crippen molar-refractivity contribution in [1.29, 1.82) is 0 Å². The second kappa shape index (κ2) is 4.06. The lowest BCUT2D eigenvalue weighted by Crippen LogP contribution is -2.48. The van der Waals surface area contributed by atoms with Crippen LogP contribution in [0.4, 0.5) is 5.69 Å². The first-order valence-corrected chi connectivity index (χ1v) is 6.49. The Morgan fingerprint density at radius 1 is 1.32 bits per heavy atom. The summed E-state index contributed by atoms with van der Waals surface area (Å²) in [6.45, 7) is 0.619. The summed E-state index contributed by atoms with van der Waals surface area (Å²) in [5.41, 5.74) is 7.01. The maximum Gasteiger partial charge on any atom is 0.336 e. The molecule has 0 aromatic heterocycles. The lowest BCUT2D eigenvalue weighted by molar-refractivity contribution is -0.120. The molecule has 0 unspecified atom stereocenters. The minimum Gasteiger partial charge on any atom is -0.478 e. The highest BCUT2D eigenvalue weighted by molar-refractivity contribution is 6.04. The van der Waals surface area contributed by atoms with Crippen molar-refractivity contribution in [1.82, 2.24) is 0 Å². The summed E-state index contributed by atoms with van der Waals surface area (Å²) in [5, 5.41) is 9.21. The van der Waals surface area contributed by atoms with Gasteiger partial charge in [-0.25, -0.2) is 4.79 Å². The fraction of sp³-hybridized carbons (Fsp3) is 0.429. The van der Waals surface area contributed by atoms with Gasteiger partial charge in [-0.2, -0.15) is 0 Å². The van der Waals surface area contributed by atoms with Crippen LogP contribution in [0.1, 0.15) is 35.2 Å². The van der Waals surface area contributed by atoms with Crippen LogP contribution in [-0.4, -0.2) is 29.1 Å². The molecule has 3 rings (SSSR count). The van der Waals surface area contributed by atoms with Gasteiger partial charge in [-0.3, -0.25) is 4.79 Å². The summed E-state index contributed by atoms with van der Waals surface area (Å²) in [6.07, 6.45) is 2.91. The van der Waals surface area contributed by atoms with Crippen LogP contribution in [0.15, 0.2) is 18.2 Å². The van der Waals surface area contributed by atoms with E-state index < -0.39 is 11.5 Å². The second-order valence-electron chi connectivity index (χ2n) is 5.32. The minimum absolute atomic E-state index is 0.0732. The van der Waals surface area contributed by atoms with Gasteiger partial charge < -0.3 is 15.7 Å². The van der Waals surface area contributed by atoms with Crippen molar-refractivity contribution in [2.45, 2.75) is 31.2 Å². The van der Waals surface area contributed by atoms with Crippen LogP contribution < -0.4 is 10.6 Å². The molecule has 1 aromatic rings. The Hall–Kier alpha value is -1.88. The van der Waals surface area contributed by atoms with E-state index in [9.17, 15) is 14.7 Å². The standard InChI is InChI=1S/C14H16N2O3/c15-14(6-7-14)13(19)16-8-2-4-9-10(12(17)18)3-1-5-11(9)16/h1,3,5H,2,4,6-8,15H2,(H,17,18). The second-order valence-corrected chi connectivity index (χ2v) is 5.32. The van der Waals surface area contributed by atoms with Crippen LogP contribution in [0.25, 0.3) is 0 Å². The van der Waals surface area contributed by atoms with Crippen LogP contribution >= 0.6 is 0 Å². The SMILES string of the molecule is NC1(C(=O)N2CCCc3c(C(=O)O)cccc32)CC1. The van der Waals surface area contributed by atoms with Crippen molar-refractivity contribution in [3.8, 4) is 0 Å². The van der Waals surface area contributed by atoms with E-state index in [1.165, 1.54) is 0 Å². The number of hydrogen-bond acceptors (Lipinski definition) is 3. The predicted octanol–water partition coefficient (Wildman–Crippen LogP) is 1.16. The zero-order valence-corrected chi connectivity index (χ0v) is 10.6. The maximum absolute atomic E-state index is 12.4. The molecule has 1 heterocycles. The van der Waals surface area contributed by atoms with Gasteiger partial charge in [0, 0.05) is 12.2 Å². The fourth-order valence-corrected chi connectivity index (χ4v) is 2.65. The Morgan fingerprint density at radius 3 is 2.68 bits per heavy atom. The zero-order chi connectivity index (χ0) is 13.6. The van der Waals surface area contributed by atoms with Crippen molar-refractivity contribution in [3.05, 3.63) is 29.3 Å². The molecule has 0 spiro atoms. The number of nitrogens with zero attached hydrogens (tertiary/aromatic N) is 1. The molecule has 2 aliphatic rings. The van der Waals surface area contributed by atoms with Crippen LogP contribution in [0.5, 0.6) is 0 Å². The van der Waals surface area contributed by atoms with Gasteiger partial charge in [0.2, 0.25) is 5.91 Å². The van der Waals surface area contributed by atoms with E-state index >= 15 is 0 Å². The number of hydrogen-bond donors (Lipinski definition) is 2. The Labute approximate surface area is 111 Å². The van der Waals surface area contributed by atoms with E-state index in [1.807, 2.05) is 6.07 Å². The largest absolute Gasteiger partial charge is 0.478 e. The summed E-state index contributed by atoms with van der Waals surface area (Å²) in [7, 11) is 0. The van der Waals surface area contributed by atoms with Gasteiger partial charge in [-0.15, -0.1) is 0 Å². The molecule has 1 aromatic carbocycles. The van der Waals surface area contributed by atoms with Crippen LogP contribution in [0.2, 0.25) is 0 Å². The van der Waals surface area contributed by atoms with Crippen LogP contribution in [-0.2, 0) is 11.2 Å². The molecule has 0 bridgehead atoms. The Kier molecular flexibility index (Phi) is 2.60. The lowest BCUT2D eigenvalue weighted by atomic mass is 9.95. The predicted molar refractivity (Wildman–Crippen MR) is 70.2 cm³/mol. The molecule has 3 N–H and O–H groups in total. The maximum atomic E-state index is 12.4. The first-order valence-electron chi connectivity index (χ1n) is 6.49. The third kappa shape index (κ3) is 1.90. The van der Waals surface area contributed by atoms with Crippen LogP contribution in [0, 0.1) is 0 Å². The van der Waals surface area contributed by atoms with Gasteiger partial charge in [-0.1, -0.05) is 6.07 Å². The summed E-state index contributed by atoms with van der Waals surface area (Å²) in [6, 6.07) is 5.08. The average Bonchev–Trinajstić information content (AvgIpc) is 3.15. The molecule has 1 fully saturated rings. The number of anilines is 1. The average molecular weight is 260 g/mol. The van der Waals surface area contributed by atoms with E-state index in [2.05, 4.69) is 0 Å². The van der Waals surface area contributed by atoms with Crippen LogP contribution in [0.3, 0.4) is 0 Å². The highest BCUT2D eigenvalue weighted by Gasteiger charge is 2.49. The van der Waals surface area contributed by atoms with E-state index in [0.29, 0.717) is 18.7 Å². The molecule has 19 heavy (non-hydrogen) atoms. The lowest BCUT2D eigenvalue weighted by Gasteiger charge is -2.32. The molecule has 0 saturated heterocycles. The first kappa shape index (κ1) is 12.2. The number of carbonyl (C=O) groups is 2. The van der Waals surface area contributed by atoms with Crippen molar-refractivity contribution in [2.75, 3.05) is 11.4 Å². The number of carbonyl (C=O) groups excluding carboxylic acids is 1. The van der Waals surface area contributed by atoms with Gasteiger partial charge in [0.15, 0.2) is 0 Å². The molecule has 1 aliphatic heterocycles. The van der Waals surface area contributed by atoms with Gasteiger partial charge >= 0.3 is 5.97 Å². The van der Waals surface area contributed by atoms with Gasteiger partial charge in [0.25, 0.3) is 0 Å². The fourth-order valence-electron chi connectivity index (χ4n) is 2.65. The summed E-state index contributed by atoms with van der Waals surface area (Å²) in [5.74, 6) is -1.02. The molecule has 0 atom stereocenters. The molecular formula is C14H16N2O3. The normalized spacial score (nSPS) is 19.7. The molecular weight excluding hydrogens is 244 g/mol. The van der Waals surface area contributed by atoms with E-state index in [0.717, 1.165) is 24.8 Å². The van der Waals surface area contributed by atoms with Crippen molar-refractivity contribution >= 4 is 17.6 Å². The number of carboxylic acid groups (broad SMARTS) is 1. The highest BCUT2D eigenvalue weighted by atomic mass is 16.4. The Balaban J connectivity index is 2.03. The van der Waals surface area contributed by atoms with Gasteiger partial charge in [-0.05, 0) is 43.4 Å². The quantitative estimate of drug-likeness (QED) is 0.835. The number of benzene rings is 1. The summed E-state index contributed by atoms with van der Waals surface area (Å²) < 4.78 is 0. The topological polar surface area (TPSA) is 83.6 Å². The van der Waals surface area contributed by atoms with E-state index in [-0.39, 0.29) is 11.5 Å². The molecule has 5 heteroatoms. The molecule has 1 aliphatic carbocycles. The first-order chi connectivity index (χ1) is 9.03. The monoisotopic (exact) mass is 260 g/mol. The Morgan fingerprint density at radius 2 is 2.05 bits per heavy atom. The third-order valence-corrected chi connectivity index (χ3v) is 3.94. The molecule has 1 saturated carbocycles. The smallest absolute Gasteiger partial charge is 0.336 e. The highest BCUT2D eigenvalue weighted by Crippen LogP contribution is 2.38. The molecule has 0 radical (unpaired) electrons. The van der Waals surface area contributed by atoms with Gasteiger partial charge in [0.05, 0.1) is 11.1 Å². The number of rotatable bonds is 2. The van der Waals surface area contributed by atoms with E-state index in [1.54, 1.807) is 17.0 Å². The Bertz CT molecular complexity index is 564. The number of aromatic carboxylic acids is 1. The number of carboxylic acids is 1. The third-order valence-electron chi connectivity index (χ3n) is 3.94. The number of nitrogens with two attached hydrogens (primary N) is 1. The van der Waals surface area contributed by atoms with Crippen molar-refractivity contribution in [2.24, 2.45) is 5.73 Å². The van der Waals surface area contributed by atoms with E-state index in [4.69, 9.17) is 5.73 Å². The zero-order valence-electron chi connectivity index (χ0n) is 10.6. The van der Waals surface area contributed by atoms with Crippen molar-refractivity contribution < 1.29 is 14.7 Å². The minimum atomic E-state index is -0.944. The van der Waals surface area contributed by atoms with Crippen molar-refractivity contribution in [3.63, 3.8) is 0 Å². The summed E-state index contributed by atoms with van der Waals surface area (Å²) in [4.78, 5) is 25.3. The summed E-state index contributed by atoms with van der Waals surface area (Å²) >= 11 is 0. The number of fused-ring (bicyclic) bond motifs is 1. The van der Waals surface area contributed by atoms with Gasteiger partial charge in [0.1, 0.15) is 0 Å². The number of amides is 1. The molecule has 1 amide bonds. The molecule has 100 valence electrons.